The second kappa shape index (κ2) is 10.6. The Labute approximate surface area is 167 Å². The zero-order valence-corrected chi connectivity index (χ0v) is 18.4. The summed E-state index contributed by atoms with van der Waals surface area (Å²) < 4.78 is 5.53. The SMILES string of the molecule is CCc1ccc(CNC(=NC)NCC2(N(C)C)CCOCC2)s1.I. The number of nitrogens with one attached hydrogen (secondary N) is 2. The van der Waals surface area contributed by atoms with Crippen LogP contribution in [-0.2, 0) is 17.7 Å². The number of aliphatic imine (C=N–C) groups is 1. The van der Waals surface area contributed by atoms with E-state index < -0.39 is 0 Å². The van der Waals surface area contributed by atoms with Crippen LogP contribution in [0.1, 0.15) is 29.5 Å². The van der Waals surface area contributed by atoms with Crippen molar-refractivity contribution in [3.05, 3.63) is 21.9 Å². The Morgan fingerprint density at radius 2 is 1.92 bits per heavy atom. The van der Waals surface area contributed by atoms with Gasteiger partial charge in [0.15, 0.2) is 5.96 Å². The molecule has 2 N–H and O–H groups in total. The van der Waals surface area contributed by atoms with E-state index in [0.29, 0.717) is 0 Å². The van der Waals surface area contributed by atoms with Gasteiger partial charge < -0.3 is 20.3 Å². The Morgan fingerprint density at radius 3 is 2.46 bits per heavy atom. The lowest BCUT2D eigenvalue weighted by atomic mass is 9.88. The first-order valence-corrected chi connectivity index (χ1v) is 9.18. The number of ether oxygens (including phenoxy) is 1. The molecule has 0 amide bonds. The fourth-order valence-corrected chi connectivity index (χ4v) is 3.78. The van der Waals surface area contributed by atoms with Crippen molar-refractivity contribution in [1.82, 2.24) is 15.5 Å². The van der Waals surface area contributed by atoms with Crippen LogP contribution in [0.25, 0.3) is 0 Å². The normalized spacial score (nSPS) is 17.5. The number of halogens is 1. The van der Waals surface area contributed by atoms with E-state index in [0.717, 1.165) is 51.5 Å². The molecule has 24 heavy (non-hydrogen) atoms. The molecule has 1 aliphatic heterocycles. The number of aryl methyl sites for hydroxylation is 1. The van der Waals surface area contributed by atoms with Crippen LogP contribution in [0.15, 0.2) is 17.1 Å². The molecule has 0 unspecified atom stereocenters. The number of hydrogen-bond acceptors (Lipinski definition) is 4. The van der Waals surface area contributed by atoms with Gasteiger partial charge in [0, 0.05) is 42.1 Å². The van der Waals surface area contributed by atoms with E-state index >= 15 is 0 Å². The van der Waals surface area contributed by atoms with E-state index in [1.165, 1.54) is 9.75 Å². The topological polar surface area (TPSA) is 48.9 Å². The van der Waals surface area contributed by atoms with Crippen LogP contribution < -0.4 is 10.6 Å². The van der Waals surface area contributed by atoms with Gasteiger partial charge in [-0.1, -0.05) is 6.92 Å². The standard InChI is InChI=1S/C17H30N4OS.HI/c1-5-14-6-7-15(23-14)12-19-16(18-2)20-13-17(21(3)4)8-10-22-11-9-17;/h6-7H,5,8-13H2,1-4H3,(H2,18,19,20);1H. The maximum atomic E-state index is 5.53. The molecule has 0 saturated carbocycles. The molecule has 1 aliphatic rings. The number of rotatable bonds is 6. The predicted octanol–water partition coefficient (Wildman–Crippen LogP) is 2.70. The maximum absolute atomic E-state index is 5.53. The average Bonchev–Trinajstić information content (AvgIpc) is 3.04. The molecule has 2 rings (SSSR count). The lowest BCUT2D eigenvalue weighted by molar-refractivity contribution is -0.00501. The first-order valence-electron chi connectivity index (χ1n) is 8.37. The van der Waals surface area contributed by atoms with Gasteiger partial charge >= 0.3 is 0 Å². The van der Waals surface area contributed by atoms with Crippen LogP contribution in [0, 0.1) is 0 Å². The third-order valence-corrected chi connectivity index (χ3v) is 5.91. The van der Waals surface area contributed by atoms with Crippen molar-refractivity contribution in [2.75, 3.05) is 40.9 Å². The maximum Gasteiger partial charge on any atom is 0.191 e. The second-order valence-electron chi connectivity index (χ2n) is 6.23. The summed E-state index contributed by atoms with van der Waals surface area (Å²) in [6.07, 6.45) is 3.20. The number of hydrogen-bond donors (Lipinski definition) is 2. The third kappa shape index (κ3) is 5.86. The highest BCUT2D eigenvalue weighted by atomic mass is 127. The summed E-state index contributed by atoms with van der Waals surface area (Å²) in [4.78, 5) is 9.45. The van der Waals surface area contributed by atoms with Crippen molar-refractivity contribution in [3.8, 4) is 0 Å². The van der Waals surface area contributed by atoms with Crippen molar-refractivity contribution in [3.63, 3.8) is 0 Å². The molecule has 0 bridgehead atoms. The summed E-state index contributed by atoms with van der Waals surface area (Å²) in [5.41, 5.74) is 0.147. The molecule has 7 heteroatoms. The quantitative estimate of drug-likeness (QED) is 0.385. The summed E-state index contributed by atoms with van der Waals surface area (Å²) >= 11 is 1.87. The molecular formula is C17H31IN4OS. The molecule has 1 fully saturated rings. The summed E-state index contributed by atoms with van der Waals surface area (Å²) in [7, 11) is 6.13. The van der Waals surface area contributed by atoms with Crippen LogP contribution in [-0.4, -0.2) is 57.3 Å². The fourth-order valence-electron chi connectivity index (χ4n) is 2.88. The molecule has 0 aliphatic carbocycles. The first kappa shape index (κ1) is 21.7. The van der Waals surface area contributed by atoms with Gasteiger partial charge in [0.1, 0.15) is 0 Å². The first-order chi connectivity index (χ1) is 11.1. The van der Waals surface area contributed by atoms with Gasteiger partial charge in [-0.05, 0) is 45.5 Å². The number of guanidine groups is 1. The van der Waals surface area contributed by atoms with Crippen molar-refractivity contribution in [2.45, 2.75) is 38.3 Å². The van der Waals surface area contributed by atoms with Crippen LogP contribution in [0.5, 0.6) is 0 Å². The molecule has 0 atom stereocenters. The summed E-state index contributed by atoms with van der Waals surface area (Å²) in [5.74, 6) is 0.865. The summed E-state index contributed by atoms with van der Waals surface area (Å²) in [6.45, 7) is 5.57. The van der Waals surface area contributed by atoms with Gasteiger partial charge in [0.25, 0.3) is 0 Å². The molecule has 138 valence electrons. The predicted molar refractivity (Wildman–Crippen MR) is 114 cm³/mol. The highest BCUT2D eigenvalue weighted by Crippen LogP contribution is 2.25. The van der Waals surface area contributed by atoms with E-state index in [2.05, 4.69) is 53.7 Å². The minimum atomic E-state index is 0. The smallest absolute Gasteiger partial charge is 0.191 e. The molecule has 0 radical (unpaired) electrons. The molecule has 0 spiro atoms. The van der Waals surface area contributed by atoms with Crippen LogP contribution in [0.2, 0.25) is 0 Å². The zero-order chi connectivity index (χ0) is 16.7. The van der Waals surface area contributed by atoms with Gasteiger partial charge in [-0.25, -0.2) is 0 Å². The Kier molecular flexibility index (Phi) is 9.54. The molecule has 1 saturated heterocycles. The molecule has 5 nitrogen and oxygen atoms in total. The highest BCUT2D eigenvalue weighted by Gasteiger charge is 2.34. The third-order valence-electron chi connectivity index (χ3n) is 4.68. The average molecular weight is 466 g/mol. The van der Waals surface area contributed by atoms with Crippen molar-refractivity contribution in [1.29, 1.82) is 0 Å². The number of thiophene rings is 1. The van der Waals surface area contributed by atoms with Crippen LogP contribution in [0.4, 0.5) is 0 Å². The lowest BCUT2D eigenvalue weighted by Gasteiger charge is -2.43. The Balaban J connectivity index is 0.00000288. The van der Waals surface area contributed by atoms with Gasteiger partial charge in [0.05, 0.1) is 6.54 Å². The zero-order valence-electron chi connectivity index (χ0n) is 15.2. The molecule has 2 heterocycles. The van der Waals surface area contributed by atoms with Crippen molar-refractivity contribution in [2.24, 2.45) is 4.99 Å². The summed E-state index contributed by atoms with van der Waals surface area (Å²) in [5, 5.41) is 6.92. The van der Waals surface area contributed by atoms with E-state index in [1.807, 2.05) is 18.4 Å². The van der Waals surface area contributed by atoms with Crippen molar-refractivity contribution >= 4 is 41.3 Å². The molecule has 1 aromatic rings. The fraction of sp³-hybridized carbons (Fsp3) is 0.706. The van der Waals surface area contributed by atoms with Crippen LogP contribution in [0.3, 0.4) is 0 Å². The van der Waals surface area contributed by atoms with Gasteiger partial charge in [-0.2, -0.15) is 0 Å². The number of nitrogens with zero attached hydrogens (tertiary/aromatic N) is 2. The molecule has 1 aromatic heterocycles. The van der Waals surface area contributed by atoms with E-state index in [4.69, 9.17) is 4.74 Å². The van der Waals surface area contributed by atoms with E-state index in [9.17, 15) is 0 Å². The van der Waals surface area contributed by atoms with E-state index in [1.54, 1.807) is 0 Å². The number of likely N-dealkylation sites (N-methyl/N-ethyl adjacent to an activating group) is 1. The van der Waals surface area contributed by atoms with Gasteiger partial charge in [0.2, 0.25) is 0 Å². The molecular weight excluding hydrogens is 435 g/mol. The minimum Gasteiger partial charge on any atom is -0.381 e. The minimum absolute atomic E-state index is 0. The Morgan fingerprint density at radius 1 is 1.25 bits per heavy atom. The summed E-state index contributed by atoms with van der Waals surface area (Å²) in [6, 6.07) is 4.41. The Hall–Kier alpha value is -0.380. The van der Waals surface area contributed by atoms with Gasteiger partial charge in [-0.15, -0.1) is 35.3 Å². The largest absolute Gasteiger partial charge is 0.381 e. The van der Waals surface area contributed by atoms with Crippen LogP contribution >= 0.6 is 35.3 Å². The monoisotopic (exact) mass is 466 g/mol. The van der Waals surface area contributed by atoms with Gasteiger partial charge in [-0.3, -0.25) is 4.99 Å². The van der Waals surface area contributed by atoms with Crippen molar-refractivity contribution < 1.29 is 4.74 Å². The lowest BCUT2D eigenvalue weighted by Crippen LogP contribution is -2.57. The second-order valence-corrected chi connectivity index (χ2v) is 7.48. The Bertz CT molecular complexity index is 512. The van der Waals surface area contributed by atoms with E-state index in [-0.39, 0.29) is 29.5 Å². The highest BCUT2D eigenvalue weighted by molar-refractivity contribution is 14.0. The molecule has 0 aromatic carbocycles.